The summed E-state index contributed by atoms with van der Waals surface area (Å²) in [7, 11) is 0. The number of hydrogen-bond acceptors (Lipinski definition) is 5. The fraction of sp³-hybridized carbons (Fsp3) is 0.545. The SMILES string of the molecule is CC(C)n1cc(-c2nnc(N)s2)c(C2CC2)n1. The lowest BCUT2D eigenvalue weighted by molar-refractivity contribution is 0.526. The van der Waals surface area contributed by atoms with Crippen LogP contribution >= 0.6 is 11.3 Å². The topological polar surface area (TPSA) is 69.6 Å². The lowest BCUT2D eigenvalue weighted by Crippen LogP contribution is -2.01. The number of hydrogen-bond donors (Lipinski definition) is 1. The van der Waals surface area contributed by atoms with Gasteiger partial charge in [0.2, 0.25) is 5.13 Å². The molecule has 0 bridgehead atoms. The molecular formula is C11H15N5S. The largest absolute Gasteiger partial charge is 0.374 e. The molecule has 2 heterocycles. The highest BCUT2D eigenvalue weighted by molar-refractivity contribution is 7.18. The number of nitrogens with two attached hydrogens (primary N) is 1. The highest BCUT2D eigenvalue weighted by atomic mass is 32.1. The van der Waals surface area contributed by atoms with Crippen LogP contribution in [0.3, 0.4) is 0 Å². The first-order valence-corrected chi connectivity index (χ1v) is 6.65. The first kappa shape index (κ1) is 10.7. The summed E-state index contributed by atoms with van der Waals surface area (Å²) in [5.74, 6) is 0.607. The summed E-state index contributed by atoms with van der Waals surface area (Å²) in [4.78, 5) is 0. The van der Waals surface area contributed by atoms with Gasteiger partial charge in [-0.3, -0.25) is 4.68 Å². The minimum absolute atomic E-state index is 0.367. The highest BCUT2D eigenvalue weighted by Gasteiger charge is 2.31. The molecule has 1 aliphatic rings. The zero-order chi connectivity index (χ0) is 12.0. The smallest absolute Gasteiger partial charge is 0.203 e. The van der Waals surface area contributed by atoms with Crippen molar-refractivity contribution in [3.63, 3.8) is 0 Å². The molecule has 5 nitrogen and oxygen atoms in total. The monoisotopic (exact) mass is 249 g/mol. The molecular weight excluding hydrogens is 234 g/mol. The summed E-state index contributed by atoms with van der Waals surface area (Å²) in [5, 5.41) is 14.1. The highest BCUT2D eigenvalue weighted by Crippen LogP contribution is 2.44. The van der Waals surface area contributed by atoms with E-state index in [1.165, 1.54) is 24.2 Å². The van der Waals surface area contributed by atoms with Crippen LogP contribution in [0.5, 0.6) is 0 Å². The van der Waals surface area contributed by atoms with Crippen LogP contribution in [-0.4, -0.2) is 20.0 Å². The van der Waals surface area contributed by atoms with Gasteiger partial charge in [-0.05, 0) is 26.7 Å². The van der Waals surface area contributed by atoms with E-state index in [4.69, 9.17) is 5.73 Å². The molecule has 2 N–H and O–H groups in total. The van der Waals surface area contributed by atoms with Crippen LogP contribution in [0.15, 0.2) is 6.20 Å². The summed E-state index contributed by atoms with van der Waals surface area (Å²) < 4.78 is 2.00. The molecule has 0 saturated heterocycles. The van der Waals surface area contributed by atoms with Crippen molar-refractivity contribution in [2.45, 2.75) is 38.6 Å². The standard InChI is InChI=1S/C11H15N5S/c1-6(2)16-5-8(9(15-16)7-3-4-7)10-13-14-11(12)17-10/h5-7H,3-4H2,1-2H3,(H2,12,14). The van der Waals surface area contributed by atoms with Crippen LogP contribution in [0, 0.1) is 0 Å². The van der Waals surface area contributed by atoms with E-state index in [0.29, 0.717) is 17.1 Å². The van der Waals surface area contributed by atoms with Gasteiger partial charge in [-0.2, -0.15) is 5.10 Å². The fourth-order valence-electron chi connectivity index (χ4n) is 1.84. The van der Waals surface area contributed by atoms with Crippen LogP contribution < -0.4 is 5.73 Å². The molecule has 0 aromatic carbocycles. The second kappa shape index (κ2) is 3.80. The number of aromatic nitrogens is 4. The van der Waals surface area contributed by atoms with Crippen molar-refractivity contribution in [1.82, 2.24) is 20.0 Å². The van der Waals surface area contributed by atoms with Gasteiger partial charge < -0.3 is 5.73 Å². The molecule has 17 heavy (non-hydrogen) atoms. The third-order valence-corrected chi connectivity index (χ3v) is 3.71. The minimum Gasteiger partial charge on any atom is -0.374 e. The van der Waals surface area contributed by atoms with Gasteiger partial charge in [-0.1, -0.05) is 11.3 Å². The van der Waals surface area contributed by atoms with Gasteiger partial charge in [0, 0.05) is 18.2 Å². The Morgan fingerprint density at radius 1 is 1.41 bits per heavy atom. The lowest BCUT2D eigenvalue weighted by Gasteiger charge is -2.02. The molecule has 1 aliphatic carbocycles. The fourth-order valence-corrected chi connectivity index (χ4v) is 2.47. The quantitative estimate of drug-likeness (QED) is 0.907. The predicted octanol–water partition coefficient (Wildman–Crippen LogP) is 2.44. The van der Waals surface area contributed by atoms with Crippen molar-refractivity contribution >= 4 is 16.5 Å². The van der Waals surface area contributed by atoms with E-state index >= 15 is 0 Å². The molecule has 1 fully saturated rings. The van der Waals surface area contributed by atoms with Crippen molar-refractivity contribution in [1.29, 1.82) is 0 Å². The molecule has 3 rings (SSSR count). The molecule has 90 valence electrons. The van der Waals surface area contributed by atoms with Crippen LogP contribution in [0.2, 0.25) is 0 Å². The number of nitrogens with zero attached hydrogens (tertiary/aromatic N) is 4. The Kier molecular flexibility index (Phi) is 2.39. The van der Waals surface area contributed by atoms with E-state index in [-0.39, 0.29) is 0 Å². The van der Waals surface area contributed by atoms with Gasteiger partial charge in [-0.15, -0.1) is 10.2 Å². The number of anilines is 1. The van der Waals surface area contributed by atoms with Crippen molar-refractivity contribution < 1.29 is 0 Å². The van der Waals surface area contributed by atoms with E-state index in [1.807, 2.05) is 4.68 Å². The molecule has 2 aromatic heterocycles. The van der Waals surface area contributed by atoms with E-state index in [9.17, 15) is 0 Å². The van der Waals surface area contributed by atoms with Crippen molar-refractivity contribution in [3.8, 4) is 10.6 Å². The molecule has 0 aliphatic heterocycles. The Bertz CT molecular complexity index is 538. The summed E-state index contributed by atoms with van der Waals surface area (Å²) >= 11 is 1.43. The van der Waals surface area contributed by atoms with Crippen LogP contribution in [0.25, 0.3) is 10.6 Å². The third-order valence-electron chi connectivity index (χ3n) is 2.92. The van der Waals surface area contributed by atoms with Crippen LogP contribution in [0.4, 0.5) is 5.13 Å². The van der Waals surface area contributed by atoms with Gasteiger partial charge in [0.15, 0.2) is 5.01 Å². The summed E-state index contributed by atoms with van der Waals surface area (Å²) in [6.45, 7) is 4.25. The first-order valence-electron chi connectivity index (χ1n) is 5.83. The van der Waals surface area contributed by atoms with Gasteiger partial charge in [0.1, 0.15) is 0 Å². The van der Waals surface area contributed by atoms with Crippen molar-refractivity contribution in [2.75, 3.05) is 5.73 Å². The third kappa shape index (κ3) is 1.93. The zero-order valence-corrected chi connectivity index (χ0v) is 10.7. The van der Waals surface area contributed by atoms with Crippen LogP contribution in [-0.2, 0) is 0 Å². The average Bonchev–Trinajstić information content (AvgIpc) is 2.88. The molecule has 0 unspecified atom stereocenters. The summed E-state index contributed by atoms with van der Waals surface area (Å²) in [5.41, 5.74) is 7.91. The van der Waals surface area contributed by atoms with E-state index in [0.717, 1.165) is 16.3 Å². The van der Waals surface area contributed by atoms with E-state index in [2.05, 4.69) is 35.3 Å². The maximum Gasteiger partial charge on any atom is 0.203 e. The number of rotatable bonds is 3. The minimum atomic E-state index is 0.367. The molecule has 0 radical (unpaired) electrons. The van der Waals surface area contributed by atoms with Crippen molar-refractivity contribution in [2.24, 2.45) is 0 Å². The Balaban J connectivity index is 2.07. The number of nitrogen functional groups attached to an aromatic ring is 1. The van der Waals surface area contributed by atoms with Gasteiger partial charge in [-0.25, -0.2) is 0 Å². The predicted molar refractivity (Wildman–Crippen MR) is 67.9 cm³/mol. The van der Waals surface area contributed by atoms with E-state index < -0.39 is 0 Å². The van der Waals surface area contributed by atoms with Crippen LogP contribution in [0.1, 0.15) is 44.3 Å². The molecule has 0 spiro atoms. The Labute approximate surface area is 104 Å². The molecule has 0 atom stereocenters. The average molecular weight is 249 g/mol. The Morgan fingerprint density at radius 2 is 2.18 bits per heavy atom. The van der Waals surface area contributed by atoms with Gasteiger partial charge in [0.25, 0.3) is 0 Å². The second-order valence-corrected chi connectivity index (χ2v) is 5.73. The maximum absolute atomic E-state index is 5.64. The zero-order valence-electron chi connectivity index (χ0n) is 9.92. The Morgan fingerprint density at radius 3 is 2.71 bits per heavy atom. The maximum atomic E-state index is 5.64. The van der Waals surface area contributed by atoms with E-state index in [1.54, 1.807) is 0 Å². The summed E-state index contributed by atoms with van der Waals surface area (Å²) in [6.07, 6.45) is 4.53. The lowest BCUT2D eigenvalue weighted by atomic mass is 10.2. The molecule has 1 saturated carbocycles. The normalized spacial score (nSPS) is 15.7. The molecule has 2 aromatic rings. The molecule has 6 heteroatoms. The first-order chi connectivity index (χ1) is 8.15. The Hall–Kier alpha value is -1.43. The summed E-state index contributed by atoms with van der Waals surface area (Å²) in [6, 6.07) is 0.367. The van der Waals surface area contributed by atoms with Gasteiger partial charge >= 0.3 is 0 Å². The molecule has 0 amide bonds. The second-order valence-electron chi connectivity index (χ2n) is 4.72. The van der Waals surface area contributed by atoms with Crippen molar-refractivity contribution in [3.05, 3.63) is 11.9 Å². The van der Waals surface area contributed by atoms with Gasteiger partial charge in [0.05, 0.1) is 11.3 Å².